The van der Waals surface area contributed by atoms with Crippen LogP contribution < -0.4 is 35.6 Å². The zero-order valence-electron chi connectivity index (χ0n) is 25.8. The highest BCUT2D eigenvalue weighted by Crippen LogP contribution is 2.50. The molecule has 2 aromatic carbocycles. The lowest BCUT2D eigenvalue weighted by molar-refractivity contribution is -0.119. The molecule has 3 aromatic rings. The number of carbonyl (C=O) groups is 2. The number of amides is 2. The van der Waals surface area contributed by atoms with E-state index in [4.69, 9.17) is 14.2 Å². The summed E-state index contributed by atoms with van der Waals surface area (Å²) in [6.07, 6.45) is 3.96. The fraction of sp³-hybridized carbons (Fsp3) is 0.438. The van der Waals surface area contributed by atoms with E-state index >= 15 is 0 Å². The Kier molecular flexibility index (Phi) is 10.3. The molecule has 230 valence electrons. The molecule has 1 heterocycles. The number of nitrogens with zero attached hydrogens (tertiary/aromatic N) is 2. The molecule has 1 aliphatic carbocycles. The van der Waals surface area contributed by atoms with E-state index in [9.17, 15) is 14.4 Å². The van der Waals surface area contributed by atoms with Gasteiger partial charge in [0.25, 0.3) is 0 Å². The molecule has 1 aliphatic rings. The average Bonchev–Trinajstić information content (AvgIpc) is 3.11. The first-order chi connectivity index (χ1) is 20.7. The van der Waals surface area contributed by atoms with Gasteiger partial charge in [-0.3, -0.25) is 19.1 Å². The van der Waals surface area contributed by atoms with Crippen LogP contribution in [0.15, 0.2) is 35.1 Å². The zero-order valence-corrected chi connectivity index (χ0v) is 25.8. The predicted molar refractivity (Wildman–Crippen MR) is 166 cm³/mol. The maximum atomic E-state index is 13.4. The summed E-state index contributed by atoms with van der Waals surface area (Å²) < 4.78 is 18.8. The molecule has 0 saturated carbocycles. The molecule has 11 nitrogen and oxygen atoms in total. The van der Waals surface area contributed by atoms with Crippen LogP contribution in [0.5, 0.6) is 17.2 Å². The number of benzene rings is 1. The van der Waals surface area contributed by atoms with Crippen LogP contribution in [-0.2, 0) is 23.1 Å². The third-order valence-corrected chi connectivity index (χ3v) is 7.69. The Morgan fingerprint density at radius 3 is 2.44 bits per heavy atom. The number of methoxy groups -OCH3 is 3. The lowest BCUT2D eigenvalue weighted by atomic mass is 9.95. The topological polar surface area (TPSA) is 133 Å². The van der Waals surface area contributed by atoms with Gasteiger partial charge in [0, 0.05) is 44.3 Å². The summed E-state index contributed by atoms with van der Waals surface area (Å²) in [6.45, 7) is 3.98. The van der Waals surface area contributed by atoms with Crippen LogP contribution in [0.1, 0.15) is 61.9 Å². The summed E-state index contributed by atoms with van der Waals surface area (Å²) in [4.78, 5) is 37.8. The highest BCUT2D eigenvalue weighted by atomic mass is 16.5. The smallest absolute Gasteiger partial charge is 0.225 e. The molecule has 0 fully saturated rings. The molecule has 3 N–H and O–H groups in total. The first-order valence-corrected chi connectivity index (χ1v) is 14.5. The van der Waals surface area contributed by atoms with Crippen molar-refractivity contribution in [2.75, 3.05) is 38.5 Å². The van der Waals surface area contributed by atoms with Gasteiger partial charge in [0.1, 0.15) is 0 Å². The maximum Gasteiger partial charge on any atom is 0.225 e. The number of unbranched alkanes of at least 4 members (excludes halogenated alkanes) is 2. The van der Waals surface area contributed by atoms with Crippen LogP contribution in [0, 0.1) is 6.92 Å². The molecule has 0 aliphatic heterocycles. The van der Waals surface area contributed by atoms with Gasteiger partial charge in [0.2, 0.25) is 23.0 Å². The van der Waals surface area contributed by atoms with Crippen molar-refractivity contribution in [2.24, 2.45) is 7.05 Å². The molecule has 0 spiro atoms. The largest absolute Gasteiger partial charge is 0.493 e. The van der Waals surface area contributed by atoms with Crippen molar-refractivity contribution >= 4 is 23.3 Å². The molecule has 0 saturated heterocycles. The SMILES string of the molecule is COc1cc2c(c(OC)c1OC)-c1ccc(NCCCCCC(=O)Nc3cc(C)n(C)n3)c(=O)cc1[C@H](NC(C)=O)CC2. The van der Waals surface area contributed by atoms with Gasteiger partial charge in [-0.25, -0.2) is 0 Å². The Hall–Kier alpha value is -4.54. The number of anilines is 2. The molecular weight excluding hydrogens is 550 g/mol. The number of ether oxygens (including phenoxy) is 3. The fourth-order valence-corrected chi connectivity index (χ4v) is 5.49. The standard InChI is InChI=1S/C32H41N5O6/c1-19-16-28(36-37(19)3)35-29(40)10-8-7-9-15-33-25-14-12-22-23(18-26(25)39)24(34-20(2)38)13-11-21-17-27(41-4)31(42-5)32(43-6)30(21)22/h12,14,16-18,24H,7-11,13,15H2,1-6H3,(H,33,39)(H,34,38)(H,35,36,40)/t24-/m1/s1. The molecule has 43 heavy (non-hydrogen) atoms. The molecule has 2 amide bonds. The summed E-state index contributed by atoms with van der Waals surface area (Å²) in [7, 11) is 6.54. The molecule has 0 unspecified atom stereocenters. The minimum atomic E-state index is -0.365. The van der Waals surface area contributed by atoms with Crippen LogP contribution in [0.25, 0.3) is 11.1 Å². The van der Waals surface area contributed by atoms with E-state index in [1.807, 2.05) is 32.2 Å². The number of fused-ring (bicyclic) bond motifs is 3. The number of hydrogen-bond acceptors (Lipinski definition) is 8. The molecule has 0 bridgehead atoms. The summed E-state index contributed by atoms with van der Waals surface area (Å²) in [6, 6.07) is 8.68. The van der Waals surface area contributed by atoms with Crippen molar-refractivity contribution in [3.8, 4) is 28.4 Å². The molecule has 0 radical (unpaired) electrons. The predicted octanol–water partition coefficient (Wildman–Crippen LogP) is 4.52. The van der Waals surface area contributed by atoms with E-state index in [1.165, 1.54) is 6.92 Å². The van der Waals surface area contributed by atoms with Gasteiger partial charge >= 0.3 is 0 Å². The third kappa shape index (κ3) is 7.28. The van der Waals surface area contributed by atoms with Crippen molar-refractivity contribution in [1.82, 2.24) is 15.1 Å². The Morgan fingerprint density at radius 1 is 1.02 bits per heavy atom. The van der Waals surface area contributed by atoms with E-state index < -0.39 is 0 Å². The van der Waals surface area contributed by atoms with Gasteiger partial charge in [-0.05, 0) is 67.5 Å². The van der Waals surface area contributed by atoms with Crippen LogP contribution in [0.4, 0.5) is 11.5 Å². The van der Waals surface area contributed by atoms with Crippen molar-refractivity contribution in [1.29, 1.82) is 0 Å². The second-order valence-electron chi connectivity index (χ2n) is 10.7. The summed E-state index contributed by atoms with van der Waals surface area (Å²) in [5.74, 6) is 1.84. The minimum Gasteiger partial charge on any atom is -0.493 e. The summed E-state index contributed by atoms with van der Waals surface area (Å²) in [5, 5.41) is 13.4. The first-order valence-electron chi connectivity index (χ1n) is 14.5. The van der Waals surface area contributed by atoms with Crippen LogP contribution in [0.2, 0.25) is 0 Å². The molecule has 1 aromatic heterocycles. The Bertz CT molecular complexity index is 1530. The lowest BCUT2D eigenvalue weighted by Crippen LogP contribution is -2.26. The van der Waals surface area contributed by atoms with Crippen LogP contribution in [-0.4, -0.2) is 49.5 Å². The van der Waals surface area contributed by atoms with E-state index in [0.29, 0.717) is 60.1 Å². The summed E-state index contributed by atoms with van der Waals surface area (Å²) in [5.41, 5.74) is 4.53. The molecule has 1 atom stereocenters. The lowest BCUT2D eigenvalue weighted by Gasteiger charge is -2.19. The number of rotatable bonds is 12. The average molecular weight is 592 g/mol. The normalized spacial score (nSPS) is 13.7. The monoisotopic (exact) mass is 591 g/mol. The third-order valence-electron chi connectivity index (χ3n) is 7.69. The van der Waals surface area contributed by atoms with E-state index in [0.717, 1.165) is 41.6 Å². The zero-order chi connectivity index (χ0) is 31.1. The Morgan fingerprint density at radius 2 is 1.79 bits per heavy atom. The van der Waals surface area contributed by atoms with Crippen molar-refractivity contribution < 1.29 is 23.8 Å². The number of carbonyl (C=O) groups excluding carboxylic acids is 2. The highest BCUT2D eigenvalue weighted by Gasteiger charge is 2.29. The van der Waals surface area contributed by atoms with Crippen molar-refractivity contribution in [3.63, 3.8) is 0 Å². The number of nitrogens with one attached hydrogen (secondary N) is 3. The molecule has 11 heteroatoms. The molecule has 4 rings (SSSR count). The van der Waals surface area contributed by atoms with Gasteiger partial charge in [0.05, 0.1) is 33.1 Å². The van der Waals surface area contributed by atoms with Gasteiger partial charge in [-0.2, -0.15) is 5.10 Å². The van der Waals surface area contributed by atoms with Gasteiger partial charge in [-0.1, -0.05) is 12.5 Å². The number of hydrogen-bond donors (Lipinski definition) is 3. The fourth-order valence-electron chi connectivity index (χ4n) is 5.49. The van der Waals surface area contributed by atoms with Gasteiger partial charge < -0.3 is 30.2 Å². The summed E-state index contributed by atoms with van der Waals surface area (Å²) >= 11 is 0. The number of aryl methyl sites for hydroxylation is 3. The first kappa shape index (κ1) is 31.4. The number of aromatic nitrogens is 2. The Balaban J connectivity index is 1.51. The van der Waals surface area contributed by atoms with Crippen molar-refractivity contribution in [3.05, 3.63) is 57.4 Å². The van der Waals surface area contributed by atoms with Crippen LogP contribution >= 0.6 is 0 Å². The highest BCUT2D eigenvalue weighted by molar-refractivity contribution is 5.89. The molecular formula is C32H41N5O6. The van der Waals surface area contributed by atoms with E-state index in [1.54, 1.807) is 38.1 Å². The van der Waals surface area contributed by atoms with Gasteiger partial charge in [-0.15, -0.1) is 0 Å². The minimum absolute atomic E-state index is 0.0665. The second kappa shape index (κ2) is 14.1. The Labute approximate surface area is 251 Å². The maximum absolute atomic E-state index is 13.4. The van der Waals surface area contributed by atoms with Crippen LogP contribution in [0.3, 0.4) is 0 Å². The van der Waals surface area contributed by atoms with Gasteiger partial charge in [0.15, 0.2) is 17.3 Å². The quantitative estimate of drug-likeness (QED) is 0.262. The second-order valence-corrected chi connectivity index (χ2v) is 10.7. The van der Waals surface area contributed by atoms with Crippen molar-refractivity contribution in [2.45, 2.75) is 58.4 Å². The van der Waals surface area contributed by atoms with E-state index in [-0.39, 0.29) is 23.3 Å². The van der Waals surface area contributed by atoms with E-state index in [2.05, 4.69) is 21.0 Å².